The predicted molar refractivity (Wildman–Crippen MR) is 80.3 cm³/mol. The monoisotopic (exact) mass is 268 g/mol. The second kappa shape index (κ2) is 7.61. The smallest absolute Gasteiger partial charge is 0.0695 e. The van der Waals surface area contributed by atoms with Crippen LogP contribution in [0.15, 0.2) is 0 Å². The minimum Gasteiger partial charge on any atom is -0.391 e. The first-order valence-corrected chi connectivity index (χ1v) is 8.38. The van der Waals surface area contributed by atoms with Gasteiger partial charge in [0.1, 0.15) is 0 Å². The lowest BCUT2D eigenvalue weighted by atomic mass is 9.89. The molecule has 0 aromatic carbocycles. The second-order valence-electron chi connectivity index (χ2n) is 6.52. The normalized spacial score (nSPS) is 35.8. The van der Waals surface area contributed by atoms with Crippen LogP contribution in [0.3, 0.4) is 0 Å². The Labute approximate surface area is 118 Å². The fraction of sp³-hybridized carbons (Fsp3) is 1.00. The van der Waals surface area contributed by atoms with Crippen LogP contribution in [-0.4, -0.2) is 47.8 Å². The van der Waals surface area contributed by atoms with Crippen molar-refractivity contribution in [3.63, 3.8) is 0 Å². The quantitative estimate of drug-likeness (QED) is 0.769. The third kappa shape index (κ3) is 4.17. The minimum absolute atomic E-state index is 0.0873. The van der Waals surface area contributed by atoms with Crippen LogP contribution < -0.4 is 5.32 Å². The lowest BCUT2D eigenvalue weighted by Crippen LogP contribution is -2.51. The highest BCUT2D eigenvalue weighted by Gasteiger charge is 2.32. The van der Waals surface area contributed by atoms with Crippen LogP contribution in [0.1, 0.15) is 58.8 Å². The van der Waals surface area contributed by atoms with Gasteiger partial charge in [0.2, 0.25) is 0 Å². The molecule has 1 aliphatic heterocycles. The molecule has 4 atom stereocenters. The van der Waals surface area contributed by atoms with E-state index in [0.29, 0.717) is 12.1 Å². The average molecular weight is 268 g/mol. The maximum atomic E-state index is 10.4. The van der Waals surface area contributed by atoms with Crippen LogP contribution in [0.5, 0.6) is 0 Å². The number of hydrogen-bond acceptors (Lipinski definition) is 3. The molecule has 3 heteroatoms. The van der Waals surface area contributed by atoms with E-state index in [1.54, 1.807) is 0 Å². The van der Waals surface area contributed by atoms with Crippen LogP contribution in [0.25, 0.3) is 0 Å². The highest BCUT2D eigenvalue weighted by Crippen LogP contribution is 2.28. The third-order valence-electron chi connectivity index (χ3n) is 5.14. The summed E-state index contributed by atoms with van der Waals surface area (Å²) < 4.78 is 0. The van der Waals surface area contributed by atoms with Crippen molar-refractivity contribution in [3.8, 4) is 0 Å². The second-order valence-corrected chi connectivity index (χ2v) is 6.52. The molecule has 1 heterocycles. The molecule has 0 amide bonds. The molecule has 4 unspecified atom stereocenters. The lowest BCUT2D eigenvalue weighted by Gasteiger charge is -2.41. The van der Waals surface area contributed by atoms with Gasteiger partial charge < -0.3 is 10.4 Å². The Balaban J connectivity index is 1.91. The summed E-state index contributed by atoms with van der Waals surface area (Å²) in [5.74, 6) is 0.754. The fourth-order valence-electron chi connectivity index (χ4n) is 3.93. The standard InChI is InChI=1S/C16H32N2O/c1-3-17-13(2)14-8-7-11-18(12-14)15-9-5-4-6-10-16(15)19/h13-17,19H,3-12H2,1-2H3. The summed E-state index contributed by atoms with van der Waals surface area (Å²) in [5.41, 5.74) is 0. The molecule has 1 saturated heterocycles. The van der Waals surface area contributed by atoms with Crippen molar-refractivity contribution in [2.24, 2.45) is 5.92 Å². The Kier molecular flexibility index (Phi) is 6.11. The van der Waals surface area contributed by atoms with Crippen molar-refractivity contribution >= 4 is 0 Å². The van der Waals surface area contributed by atoms with Crippen molar-refractivity contribution in [2.75, 3.05) is 19.6 Å². The van der Waals surface area contributed by atoms with E-state index in [0.717, 1.165) is 18.9 Å². The highest BCUT2D eigenvalue weighted by atomic mass is 16.3. The molecular formula is C16H32N2O. The van der Waals surface area contributed by atoms with Crippen molar-refractivity contribution in [1.82, 2.24) is 10.2 Å². The number of aliphatic hydroxyl groups excluding tert-OH is 1. The minimum atomic E-state index is -0.0873. The Bertz CT molecular complexity index is 259. The van der Waals surface area contributed by atoms with Crippen LogP contribution in [0.4, 0.5) is 0 Å². The summed E-state index contributed by atoms with van der Waals surface area (Å²) >= 11 is 0. The Morgan fingerprint density at radius 1 is 1.16 bits per heavy atom. The largest absolute Gasteiger partial charge is 0.391 e. The summed E-state index contributed by atoms with van der Waals surface area (Å²) in [6.45, 7) is 7.93. The first-order valence-electron chi connectivity index (χ1n) is 8.38. The predicted octanol–water partition coefficient (Wildman–Crippen LogP) is 2.39. The summed E-state index contributed by atoms with van der Waals surface area (Å²) in [6.07, 6.45) is 8.57. The summed E-state index contributed by atoms with van der Waals surface area (Å²) in [7, 11) is 0. The van der Waals surface area contributed by atoms with Crippen molar-refractivity contribution in [1.29, 1.82) is 0 Å². The van der Waals surface area contributed by atoms with E-state index in [9.17, 15) is 5.11 Å². The van der Waals surface area contributed by atoms with E-state index in [4.69, 9.17) is 0 Å². The molecule has 0 aromatic heterocycles. The topological polar surface area (TPSA) is 35.5 Å². The first kappa shape index (κ1) is 15.3. The van der Waals surface area contributed by atoms with Gasteiger partial charge >= 0.3 is 0 Å². The van der Waals surface area contributed by atoms with Gasteiger partial charge in [-0.1, -0.05) is 26.2 Å². The van der Waals surface area contributed by atoms with E-state index >= 15 is 0 Å². The number of nitrogens with one attached hydrogen (secondary N) is 1. The Hall–Kier alpha value is -0.120. The van der Waals surface area contributed by atoms with Gasteiger partial charge in [-0.3, -0.25) is 4.90 Å². The molecule has 2 rings (SSSR count). The zero-order valence-corrected chi connectivity index (χ0v) is 12.8. The van der Waals surface area contributed by atoms with Gasteiger partial charge in [-0.05, 0) is 51.6 Å². The maximum absolute atomic E-state index is 10.4. The highest BCUT2D eigenvalue weighted by molar-refractivity contribution is 4.87. The number of nitrogens with zero attached hydrogens (tertiary/aromatic N) is 1. The molecule has 3 nitrogen and oxygen atoms in total. The molecule has 2 N–H and O–H groups in total. The average Bonchev–Trinajstić information content (AvgIpc) is 2.64. The van der Waals surface area contributed by atoms with Crippen LogP contribution >= 0.6 is 0 Å². The van der Waals surface area contributed by atoms with Crippen molar-refractivity contribution < 1.29 is 5.11 Å². The fourth-order valence-corrected chi connectivity index (χ4v) is 3.93. The Morgan fingerprint density at radius 2 is 1.95 bits per heavy atom. The molecule has 2 fully saturated rings. The maximum Gasteiger partial charge on any atom is 0.0695 e. The SMILES string of the molecule is CCNC(C)C1CCCN(C2CCCCCC2O)C1. The molecule has 0 bridgehead atoms. The van der Waals surface area contributed by atoms with Gasteiger partial charge in [0.05, 0.1) is 6.10 Å². The lowest BCUT2D eigenvalue weighted by molar-refractivity contribution is 0.0163. The van der Waals surface area contributed by atoms with E-state index < -0.39 is 0 Å². The molecule has 0 spiro atoms. The van der Waals surface area contributed by atoms with Crippen molar-refractivity contribution in [3.05, 3.63) is 0 Å². The molecular weight excluding hydrogens is 236 g/mol. The first-order chi connectivity index (χ1) is 9.22. The van der Waals surface area contributed by atoms with Crippen molar-refractivity contribution in [2.45, 2.75) is 77.0 Å². The molecule has 0 radical (unpaired) electrons. The van der Waals surface area contributed by atoms with Crippen LogP contribution in [0.2, 0.25) is 0 Å². The van der Waals surface area contributed by atoms with Gasteiger partial charge in [-0.25, -0.2) is 0 Å². The van der Waals surface area contributed by atoms with E-state index in [-0.39, 0.29) is 6.10 Å². The molecule has 2 aliphatic rings. The summed E-state index contributed by atoms with van der Waals surface area (Å²) in [6, 6.07) is 1.04. The zero-order chi connectivity index (χ0) is 13.7. The van der Waals surface area contributed by atoms with Gasteiger partial charge in [-0.15, -0.1) is 0 Å². The van der Waals surface area contributed by atoms with E-state index in [1.165, 1.54) is 51.6 Å². The summed E-state index contributed by atoms with van der Waals surface area (Å²) in [4.78, 5) is 2.60. The van der Waals surface area contributed by atoms with Gasteiger partial charge in [0.15, 0.2) is 0 Å². The number of aliphatic hydroxyl groups is 1. The molecule has 1 aliphatic carbocycles. The third-order valence-corrected chi connectivity index (χ3v) is 5.14. The molecule has 19 heavy (non-hydrogen) atoms. The van der Waals surface area contributed by atoms with Gasteiger partial charge in [-0.2, -0.15) is 0 Å². The van der Waals surface area contributed by atoms with Gasteiger partial charge in [0, 0.05) is 18.6 Å². The van der Waals surface area contributed by atoms with E-state index in [2.05, 4.69) is 24.1 Å². The number of piperidine rings is 1. The molecule has 1 saturated carbocycles. The number of hydrogen-bond donors (Lipinski definition) is 2. The van der Waals surface area contributed by atoms with E-state index in [1.807, 2.05) is 0 Å². The Morgan fingerprint density at radius 3 is 2.74 bits per heavy atom. The summed E-state index contributed by atoms with van der Waals surface area (Å²) in [5, 5.41) is 13.9. The van der Waals surface area contributed by atoms with Crippen LogP contribution in [0, 0.1) is 5.92 Å². The van der Waals surface area contributed by atoms with Crippen LogP contribution in [-0.2, 0) is 0 Å². The molecule has 0 aromatic rings. The zero-order valence-electron chi connectivity index (χ0n) is 12.8. The number of rotatable bonds is 4. The molecule has 112 valence electrons. The van der Waals surface area contributed by atoms with Gasteiger partial charge in [0.25, 0.3) is 0 Å². The number of likely N-dealkylation sites (tertiary alicyclic amines) is 1.